The number of carbonyl (C=O) groups excluding carboxylic acids is 1. The first-order valence-corrected chi connectivity index (χ1v) is 10.6. The second kappa shape index (κ2) is 9.10. The lowest BCUT2D eigenvalue weighted by Crippen LogP contribution is -2.88. The van der Waals surface area contributed by atoms with Crippen molar-refractivity contribution in [2.75, 3.05) is 5.32 Å². The number of nitro groups is 1. The SMILES string of the molecule is Cc1ccc(NC(=O)[C@@H]([NH2+][C@H]2CCCc3ccccc32)c2ccccc2)c([N+](=O)[O-])c1. The first-order chi connectivity index (χ1) is 15.0. The number of aryl methyl sites for hydroxylation is 2. The molecule has 1 aliphatic rings. The molecule has 158 valence electrons. The predicted molar refractivity (Wildman–Crippen MR) is 120 cm³/mol. The summed E-state index contributed by atoms with van der Waals surface area (Å²) in [6.07, 6.45) is 3.11. The molecule has 1 amide bonds. The highest BCUT2D eigenvalue weighted by molar-refractivity contribution is 5.96. The van der Waals surface area contributed by atoms with Crippen LogP contribution >= 0.6 is 0 Å². The molecule has 0 bridgehead atoms. The summed E-state index contributed by atoms with van der Waals surface area (Å²) in [7, 11) is 0. The molecule has 0 fully saturated rings. The molecule has 3 N–H and O–H groups in total. The minimum Gasteiger partial charge on any atom is -0.326 e. The van der Waals surface area contributed by atoms with Gasteiger partial charge >= 0.3 is 0 Å². The zero-order valence-corrected chi connectivity index (χ0v) is 17.5. The van der Waals surface area contributed by atoms with Crippen LogP contribution in [0.25, 0.3) is 0 Å². The second-order valence-corrected chi connectivity index (χ2v) is 8.05. The fourth-order valence-corrected chi connectivity index (χ4v) is 4.34. The van der Waals surface area contributed by atoms with Crippen molar-refractivity contribution < 1.29 is 15.0 Å². The molecule has 2 atom stereocenters. The van der Waals surface area contributed by atoms with E-state index >= 15 is 0 Å². The molecule has 3 aromatic carbocycles. The Morgan fingerprint density at radius 2 is 1.84 bits per heavy atom. The van der Waals surface area contributed by atoms with Gasteiger partial charge in [-0.15, -0.1) is 0 Å². The summed E-state index contributed by atoms with van der Waals surface area (Å²) in [5.74, 6) is -0.263. The third-order valence-corrected chi connectivity index (χ3v) is 5.89. The maximum atomic E-state index is 13.4. The van der Waals surface area contributed by atoms with E-state index in [-0.39, 0.29) is 23.3 Å². The zero-order valence-electron chi connectivity index (χ0n) is 17.5. The average molecular weight is 417 g/mol. The Hall–Kier alpha value is -3.51. The van der Waals surface area contributed by atoms with Crippen LogP contribution in [0.2, 0.25) is 0 Å². The summed E-state index contributed by atoms with van der Waals surface area (Å²) >= 11 is 0. The number of rotatable bonds is 6. The number of nitrogens with zero attached hydrogens (tertiary/aromatic N) is 1. The van der Waals surface area contributed by atoms with Crippen LogP contribution < -0.4 is 10.6 Å². The van der Waals surface area contributed by atoms with Gasteiger partial charge in [0.25, 0.3) is 11.6 Å². The lowest BCUT2D eigenvalue weighted by Gasteiger charge is -2.27. The van der Waals surface area contributed by atoms with E-state index in [1.54, 1.807) is 19.1 Å². The third-order valence-electron chi connectivity index (χ3n) is 5.89. The van der Waals surface area contributed by atoms with Crippen LogP contribution in [0, 0.1) is 17.0 Å². The Morgan fingerprint density at radius 1 is 1.10 bits per heavy atom. The van der Waals surface area contributed by atoms with Crippen LogP contribution in [0.3, 0.4) is 0 Å². The van der Waals surface area contributed by atoms with Crippen molar-refractivity contribution in [2.45, 2.75) is 38.3 Å². The molecule has 0 aliphatic heterocycles. The smallest absolute Gasteiger partial charge is 0.293 e. The molecule has 4 rings (SSSR count). The molecule has 0 radical (unpaired) electrons. The topological polar surface area (TPSA) is 88.8 Å². The highest BCUT2D eigenvalue weighted by Crippen LogP contribution is 2.29. The normalized spacial score (nSPS) is 16.2. The number of carbonyl (C=O) groups is 1. The van der Waals surface area contributed by atoms with Crippen molar-refractivity contribution >= 4 is 17.3 Å². The maximum Gasteiger partial charge on any atom is 0.293 e. The summed E-state index contributed by atoms with van der Waals surface area (Å²) in [6.45, 7) is 1.79. The zero-order chi connectivity index (χ0) is 21.8. The molecule has 0 aromatic heterocycles. The van der Waals surface area contributed by atoms with Crippen LogP contribution in [0.5, 0.6) is 0 Å². The quantitative estimate of drug-likeness (QED) is 0.466. The maximum absolute atomic E-state index is 13.4. The summed E-state index contributed by atoms with van der Waals surface area (Å²) in [5.41, 5.74) is 4.37. The van der Waals surface area contributed by atoms with E-state index in [0.717, 1.165) is 30.4 Å². The fraction of sp³-hybridized carbons (Fsp3) is 0.240. The minimum absolute atomic E-state index is 0.0943. The Labute approximate surface area is 181 Å². The van der Waals surface area contributed by atoms with E-state index in [1.807, 2.05) is 36.4 Å². The van der Waals surface area contributed by atoms with Crippen molar-refractivity contribution in [3.05, 3.63) is 105 Å². The van der Waals surface area contributed by atoms with E-state index < -0.39 is 11.0 Å². The molecular formula is C25H26N3O3+. The molecular weight excluding hydrogens is 390 g/mol. The van der Waals surface area contributed by atoms with E-state index in [2.05, 4.69) is 28.8 Å². The van der Waals surface area contributed by atoms with Gasteiger partial charge in [-0.25, -0.2) is 0 Å². The Kier molecular flexibility index (Phi) is 6.09. The molecule has 0 spiro atoms. The van der Waals surface area contributed by atoms with Crippen molar-refractivity contribution in [1.29, 1.82) is 0 Å². The molecule has 0 saturated heterocycles. The van der Waals surface area contributed by atoms with Crippen LogP contribution in [-0.4, -0.2) is 10.8 Å². The van der Waals surface area contributed by atoms with E-state index in [9.17, 15) is 14.9 Å². The van der Waals surface area contributed by atoms with Crippen molar-refractivity contribution in [1.82, 2.24) is 0 Å². The molecule has 6 nitrogen and oxygen atoms in total. The van der Waals surface area contributed by atoms with Gasteiger partial charge in [0.2, 0.25) is 0 Å². The first-order valence-electron chi connectivity index (χ1n) is 10.6. The first kappa shape index (κ1) is 20.8. The number of nitro benzene ring substituents is 1. The summed E-state index contributed by atoms with van der Waals surface area (Å²) in [4.78, 5) is 24.4. The highest BCUT2D eigenvalue weighted by Gasteiger charge is 2.32. The number of fused-ring (bicyclic) bond motifs is 1. The average Bonchev–Trinajstić information content (AvgIpc) is 2.79. The lowest BCUT2D eigenvalue weighted by molar-refractivity contribution is -0.723. The number of quaternary nitrogens is 1. The number of nitrogens with one attached hydrogen (secondary N) is 1. The molecule has 3 aromatic rings. The van der Waals surface area contributed by atoms with E-state index in [4.69, 9.17) is 0 Å². The molecule has 0 saturated carbocycles. The predicted octanol–water partition coefficient (Wildman–Crippen LogP) is 4.22. The van der Waals surface area contributed by atoms with Gasteiger partial charge in [0.1, 0.15) is 11.7 Å². The van der Waals surface area contributed by atoms with Crippen LogP contribution in [0.4, 0.5) is 11.4 Å². The number of hydrogen-bond donors (Lipinski definition) is 2. The second-order valence-electron chi connectivity index (χ2n) is 8.05. The van der Waals surface area contributed by atoms with E-state index in [1.165, 1.54) is 17.2 Å². The number of amides is 1. The van der Waals surface area contributed by atoms with Gasteiger partial charge < -0.3 is 10.6 Å². The molecule has 0 unspecified atom stereocenters. The standard InChI is InChI=1S/C25H25N3O3/c1-17-14-15-22(23(16-17)28(30)31)27-25(29)24(19-9-3-2-4-10-19)26-21-13-7-11-18-8-5-6-12-20(18)21/h2-6,8-10,12,14-16,21,24,26H,7,11,13H2,1H3,(H,27,29)/p+1/t21-,24-/m0/s1. The van der Waals surface area contributed by atoms with Gasteiger partial charge in [0, 0.05) is 23.6 Å². The molecule has 1 aliphatic carbocycles. The Balaban J connectivity index is 1.64. The molecule has 6 heteroatoms. The van der Waals surface area contributed by atoms with E-state index in [0.29, 0.717) is 0 Å². The van der Waals surface area contributed by atoms with Gasteiger partial charge in [-0.3, -0.25) is 14.9 Å². The van der Waals surface area contributed by atoms with Crippen LogP contribution in [0.1, 0.15) is 47.2 Å². The molecule has 0 heterocycles. The molecule has 31 heavy (non-hydrogen) atoms. The Bertz CT molecular complexity index is 1100. The fourth-order valence-electron chi connectivity index (χ4n) is 4.34. The number of hydrogen-bond acceptors (Lipinski definition) is 3. The van der Waals surface area contributed by atoms with Crippen LogP contribution in [-0.2, 0) is 11.2 Å². The van der Waals surface area contributed by atoms with Crippen molar-refractivity contribution in [2.24, 2.45) is 0 Å². The summed E-state index contributed by atoms with van der Waals surface area (Å²) < 4.78 is 0. The Morgan fingerprint density at radius 3 is 2.61 bits per heavy atom. The largest absolute Gasteiger partial charge is 0.326 e. The summed E-state index contributed by atoms with van der Waals surface area (Å²) in [6, 6.07) is 22.5. The number of anilines is 1. The van der Waals surface area contributed by atoms with Crippen LogP contribution in [0.15, 0.2) is 72.8 Å². The van der Waals surface area contributed by atoms with Crippen molar-refractivity contribution in [3.8, 4) is 0 Å². The monoisotopic (exact) mass is 416 g/mol. The van der Waals surface area contributed by atoms with Gasteiger partial charge in [0.05, 0.1) is 4.92 Å². The highest BCUT2D eigenvalue weighted by atomic mass is 16.6. The number of benzene rings is 3. The van der Waals surface area contributed by atoms with Gasteiger partial charge in [-0.2, -0.15) is 0 Å². The van der Waals surface area contributed by atoms with Crippen molar-refractivity contribution in [3.63, 3.8) is 0 Å². The third kappa shape index (κ3) is 4.64. The summed E-state index contributed by atoms with van der Waals surface area (Å²) in [5, 5.41) is 16.4. The van der Waals surface area contributed by atoms with Gasteiger partial charge in [-0.1, -0.05) is 60.7 Å². The van der Waals surface area contributed by atoms with Gasteiger partial charge in [0.15, 0.2) is 6.04 Å². The number of nitrogens with two attached hydrogens (primary N) is 1. The lowest BCUT2D eigenvalue weighted by atomic mass is 9.87. The minimum atomic E-state index is -0.515. The van der Waals surface area contributed by atoms with Gasteiger partial charge in [-0.05, 0) is 37.0 Å².